The van der Waals surface area contributed by atoms with Gasteiger partial charge in [-0.1, -0.05) is 0 Å². The topological polar surface area (TPSA) is 97.5 Å². The summed E-state index contributed by atoms with van der Waals surface area (Å²) in [6.07, 6.45) is -0.449. The van der Waals surface area contributed by atoms with E-state index in [1.54, 1.807) is 0 Å². The van der Waals surface area contributed by atoms with E-state index in [0.717, 1.165) is 13.2 Å². The van der Waals surface area contributed by atoms with Crippen LogP contribution < -0.4 is 5.73 Å². The minimum absolute atomic E-state index is 0.866. The van der Waals surface area contributed by atoms with Crippen LogP contribution in [-0.4, -0.2) is 36.5 Å². The minimum Gasteiger partial charge on any atom is -0.391 e. The highest BCUT2D eigenvalue weighted by molar-refractivity contribution is 7.92. The highest BCUT2D eigenvalue weighted by atomic mass is 32.2. The van der Waals surface area contributed by atoms with Gasteiger partial charge in [-0.25, -0.2) is 8.42 Å². The molecule has 0 aliphatic rings. The second-order valence-corrected chi connectivity index (χ2v) is 5.31. The van der Waals surface area contributed by atoms with Gasteiger partial charge < -0.3 is 10.8 Å². The monoisotopic (exact) mass is 195 g/mol. The number of hydrogen-bond donors (Lipinski definition) is 2. The van der Waals surface area contributed by atoms with Crippen LogP contribution in [0.4, 0.5) is 0 Å². The van der Waals surface area contributed by atoms with Crippen molar-refractivity contribution >= 4 is 15.7 Å². The fourth-order valence-electron chi connectivity index (χ4n) is 0.698. The third kappa shape index (κ3) is 1.59. The molecule has 1 amide bonds. The van der Waals surface area contributed by atoms with Gasteiger partial charge in [0.15, 0.2) is 14.6 Å². The first-order chi connectivity index (χ1) is 5.14. The third-order valence-electron chi connectivity index (χ3n) is 2.06. The molecule has 0 bridgehead atoms. The first kappa shape index (κ1) is 11.4. The van der Waals surface area contributed by atoms with E-state index in [1.165, 1.54) is 6.92 Å². The Morgan fingerprint density at radius 1 is 1.58 bits per heavy atom. The van der Waals surface area contributed by atoms with Crippen molar-refractivity contribution < 1.29 is 18.3 Å². The van der Waals surface area contributed by atoms with Gasteiger partial charge in [-0.05, 0) is 13.8 Å². The number of aliphatic hydroxyl groups excluding tert-OH is 1. The van der Waals surface area contributed by atoms with Crippen LogP contribution in [-0.2, 0) is 14.6 Å². The zero-order chi connectivity index (χ0) is 10.2. The molecule has 0 heterocycles. The average Bonchev–Trinajstić information content (AvgIpc) is 1.82. The normalized spacial score (nSPS) is 19.7. The molecule has 72 valence electrons. The van der Waals surface area contributed by atoms with Gasteiger partial charge in [-0.2, -0.15) is 0 Å². The molecule has 0 aromatic heterocycles. The Bertz CT molecular complexity index is 282. The Kier molecular flexibility index (Phi) is 2.87. The van der Waals surface area contributed by atoms with Crippen LogP contribution in [0.1, 0.15) is 13.8 Å². The summed E-state index contributed by atoms with van der Waals surface area (Å²) in [6, 6.07) is 0. The molecule has 0 saturated heterocycles. The zero-order valence-corrected chi connectivity index (χ0v) is 8.05. The van der Waals surface area contributed by atoms with E-state index in [1.807, 2.05) is 0 Å². The summed E-state index contributed by atoms with van der Waals surface area (Å²) in [6.45, 7) is 2.32. The lowest BCUT2D eigenvalue weighted by atomic mass is 10.1. The molecule has 0 rings (SSSR count). The first-order valence-corrected chi connectivity index (χ1v) is 5.20. The molecule has 0 aliphatic heterocycles. The quantitative estimate of drug-likeness (QED) is 0.582. The third-order valence-corrected chi connectivity index (χ3v) is 4.14. The van der Waals surface area contributed by atoms with Crippen molar-refractivity contribution in [2.24, 2.45) is 5.73 Å². The van der Waals surface area contributed by atoms with Gasteiger partial charge in [0.1, 0.15) is 0 Å². The Hall–Kier alpha value is -0.620. The van der Waals surface area contributed by atoms with Crippen molar-refractivity contribution in [3.8, 4) is 0 Å². The molecule has 0 aromatic carbocycles. The number of nitrogens with two attached hydrogens (primary N) is 1. The lowest BCUT2D eigenvalue weighted by Gasteiger charge is -2.26. The largest absolute Gasteiger partial charge is 0.391 e. The molecule has 0 spiro atoms. The van der Waals surface area contributed by atoms with Gasteiger partial charge in [0, 0.05) is 6.26 Å². The molecule has 6 heteroatoms. The van der Waals surface area contributed by atoms with E-state index in [4.69, 9.17) is 10.8 Å². The molecule has 0 saturated carbocycles. The maximum atomic E-state index is 11.1. The number of amides is 1. The summed E-state index contributed by atoms with van der Waals surface area (Å²) in [5.41, 5.74) is 4.88. The second kappa shape index (κ2) is 3.02. The lowest BCUT2D eigenvalue weighted by molar-refractivity contribution is -0.122. The molecule has 0 aromatic rings. The number of carbonyl (C=O) groups excluding carboxylic acids is 1. The van der Waals surface area contributed by atoms with Crippen LogP contribution in [0.15, 0.2) is 0 Å². The molecule has 2 unspecified atom stereocenters. The van der Waals surface area contributed by atoms with Crippen molar-refractivity contribution in [2.75, 3.05) is 6.26 Å². The Morgan fingerprint density at radius 2 is 1.92 bits per heavy atom. The van der Waals surface area contributed by atoms with E-state index < -0.39 is 26.6 Å². The summed E-state index contributed by atoms with van der Waals surface area (Å²) >= 11 is 0. The maximum Gasteiger partial charge on any atom is 0.241 e. The summed E-state index contributed by atoms with van der Waals surface area (Å²) in [7, 11) is -3.69. The summed E-state index contributed by atoms with van der Waals surface area (Å²) in [5, 5.41) is 9.10. The highest BCUT2D eigenvalue weighted by Gasteiger charge is 2.46. The van der Waals surface area contributed by atoms with E-state index in [0.29, 0.717) is 0 Å². The van der Waals surface area contributed by atoms with E-state index in [2.05, 4.69) is 0 Å². The maximum absolute atomic E-state index is 11.1. The molecule has 3 N–H and O–H groups in total. The molecule has 2 atom stereocenters. The molecular formula is C6H13NO4S. The highest BCUT2D eigenvalue weighted by Crippen LogP contribution is 2.20. The summed E-state index contributed by atoms with van der Waals surface area (Å²) in [4.78, 5) is 10.8. The fraction of sp³-hybridized carbons (Fsp3) is 0.833. The molecule has 0 radical (unpaired) electrons. The average molecular weight is 195 g/mol. The van der Waals surface area contributed by atoms with Gasteiger partial charge in [0.05, 0.1) is 6.10 Å². The second-order valence-electron chi connectivity index (χ2n) is 2.92. The Morgan fingerprint density at radius 3 is 1.92 bits per heavy atom. The molecular weight excluding hydrogens is 182 g/mol. The van der Waals surface area contributed by atoms with Crippen LogP contribution in [0, 0.1) is 0 Å². The van der Waals surface area contributed by atoms with Crippen molar-refractivity contribution in [1.82, 2.24) is 0 Å². The van der Waals surface area contributed by atoms with Crippen molar-refractivity contribution in [2.45, 2.75) is 24.7 Å². The predicted octanol–water partition coefficient (Wildman–Crippen LogP) is -1.34. The number of sulfone groups is 1. The van der Waals surface area contributed by atoms with Crippen molar-refractivity contribution in [3.05, 3.63) is 0 Å². The van der Waals surface area contributed by atoms with Crippen LogP contribution >= 0.6 is 0 Å². The van der Waals surface area contributed by atoms with Gasteiger partial charge in [-0.3, -0.25) is 4.79 Å². The van der Waals surface area contributed by atoms with Crippen LogP contribution in [0.5, 0.6) is 0 Å². The zero-order valence-electron chi connectivity index (χ0n) is 7.23. The summed E-state index contributed by atoms with van der Waals surface area (Å²) in [5.74, 6) is -1.04. The van der Waals surface area contributed by atoms with Gasteiger partial charge in [-0.15, -0.1) is 0 Å². The SMILES string of the molecule is CC(O)C(C)(C(N)=O)S(C)(=O)=O. The number of primary amides is 1. The number of aliphatic hydroxyl groups is 1. The fourth-order valence-corrected chi connectivity index (χ4v) is 1.68. The molecule has 0 fully saturated rings. The summed E-state index contributed by atoms with van der Waals surface area (Å²) < 4.78 is 20.3. The number of rotatable bonds is 3. The van der Waals surface area contributed by atoms with Gasteiger partial charge in [0.25, 0.3) is 0 Å². The predicted molar refractivity (Wildman–Crippen MR) is 44.1 cm³/mol. The lowest BCUT2D eigenvalue weighted by Crippen LogP contribution is -2.54. The Balaban J connectivity index is 5.33. The Labute approximate surface area is 71.5 Å². The van der Waals surface area contributed by atoms with Gasteiger partial charge in [0.2, 0.25) is 5.91 Å². The minimum atomic E-state index is -3.69. The molecule has 5 nitrogen and oxygen atoms in total. The van der Waals surface area contributed by atoms with E-state index >= 15 is 0 Å². The van der Waals surface area contributed by atoms with Crippen LogP contribution in [0.2, 0.25) is 0 Å². The molecule has 12 heavy (non-hydrogen) atoms. The van der Waals surface area contributed by atoms with E-state index in [-0.39, 0.29) is 0 Å². The van der Waals surface area contributed by atoms with Gasteiger partial charge >= 0.3 is 0 Å². The number of carbonyl (C=O) groups is 1. The van der Waals surface area contributed by atoms with Crippen molar-refractivity contribution in [3.63, 3.8) is 0 Å². The molecule has 0 aliphatic carbocycles. The standard InChI is InChI=1S/C6H13NO4S/c1-4(8)6(2,5(7)9)12(3,10)11/h4,8H,1-3H3,(H2,7,9). The first-order valence-electron chi connectivity index (χ1n) is 3.31. The van der Waals surface area contributed by atoms with Crippen molar-refractivity contribution in [1.29, 1.82) is 0 Å². The smallest absolute Gasteiger partial charge is 0.241 e. The van der Waals surface area contributed by atoms with Crippen LogP contribution in [0.3, 0.4) is 0 Å². The van der Waals surface area contributed by atoms with E-state index in [9.17, 15) is 13.2 Å². The number of hydrogen-bond acceptors (Lipinski definition) is 4. The van der Waals surface area contributed by atoms with Crippen LogP contribution in [0.25, 0.3) is 0 Å².